The molecule has 3 heterocycles. The Morgan fingerprint density at radius 3 is 2.57 bits per heavy atom. The number of halogens is 3. The molecule has 0 spiro atoms. The van der Waals surface area contributed by atoms with Gasteiger partial charge < -0.3 is 15.2 Å². The molecular weight excluding hydrogens is 431 g/mol. The molecule has 2 aliphatic rings. The predicted octanol–water partition coefficient (Wildman–Crippen LogP) is 0.741. The van der Waals surface area contributed by atoms with Crippen molar-refractivity contribution in [3.63, 3.8) is 0 Å². The summed E-state index contributed by atoms with van der Waals surface area (Å²) in [6.07, 6.45) is -2.00. The lowest BCUT2D eigenvalue weighted by molar-refractivity contribution is -0.192. The van der Waals surface area contributed by atoms with Gasteiger partial charge >= 0.3 is 12.1 Å². The molecule has 9 nitrogen and oxygen atoms in total. The second-order valence-corrected chi connectivity index (χ2v) is 9.03. The predicted molar refractivity (Wildman–Crippen MR) is 98.0 cm³/mol. The number of carboxylic acids is 1. The van der Waals surface area contributed by atoms with Gasteiger partial charge in [0.1, 0.15) is 0 Å². The van der Waals surface area contributed by atoms with Crippen molar-refractivity contribution < 1.29 is 41.0 Å². The highest BCUT2D eigenvalue weighted by Crippen LogP contribution is 2.34. The Hall–Kier alpha value is -2.25. The maximum Gasteiger partial charge on any atom is 0.490 e. The van der Waals surface area contributed by atoms with E-state index in [1.807, 2.05) is 0 Å². The van der Waals surface area contributed by atoms with E-state index >= 15 is 0 Å². The van der Waals surface area contributed by atoms with E-state index in [1.54, 1.807) is 25.3 Å². The smallest absolute Gasteiger partial charge is 0.475 e. The summed E-state index contributed by atoms with van der Waals surface area (Å²) in [5.74, 6) is -2.54. The SMILES string of the molecule is CCS(=O)(=O)N1C[C@@H]2[C@@H](CNC(=O)c3cccnc3)CO[C@@H]2C1.O=C(O)C(F)(F)F. The van der Waals surface area contributed by atoms with Crippen molar-refractivity contribution in [1.29, 1.82) is 0 Å². The third-order valence-electron chi connectivity index (χ3n) is 4.85. The van der Waals surface area contributed by atoms with E-state index in [0.717, 1.165) is 0 Å². The minimum absolute atomic E-state index is 0.0587. The molecule has 1 amide bonds. The number of rotatable bonds is 5. The molecule has 0 unspecified atom stereocenters. The molecule has 13 heteroatoms. The van der Waals surface area contributed by atoms with E-state index < -0.39 is 22.2 Å². The van der Waals surface area contributed by atoms with Gasteiger partial charge in [-0.3, -0.25) is 9.78 Å². The van der Waals surface area contributed by atoms with Gasteiger partial charge in [-0.25, -0.2) is 13.2 Å². The number of hydrogen-bond acceptors (Lipinski definition) is 6. The minimum atomic E-state index is -5.08. The number of carbonyl (C=O) groups excluding carboxylic acids is 1. The summed E-state index contributed by atoms with van der Waals surface area (Å²) >= 11 is 0. The fraction of sp³-hybridized carbons (Fsp3) is 0.588. The van der Waals surface area contributed by atoms with Crippen molar-refractivity contribution in [3.05, 3.63) is 30.1 Å². The second-order valence-electron chi connectivity index (χ2n) is 6.77. The summed E-state index contributed by atoms with van der Waals surface area (Å²) in [5, 5.41) is 10.0. The third kappa shape index (κ3) is 6.12. The molecule has 0 bridgehead atoms. The molecule has 0 aliphatic carbocycles. The lowest BCUT2D eigenvalue weighted by atomic mass is 9.93. The zero-order valence-corrected chi connectivity index (χ0v) is 16.8. The van der Waals surface area contributed by atoms with Crippen molar-refractivity contribution in [2.45, 2.75) is 19.2 Å². The summed E-state index contributed by atoms with van der Waals surface area (Å²) in [6, 6.07) is 3.43. The van der Waals surface area contributed by atoms with Crippen LogP contribution in [0.2, 0.25) is 0 Å². The van der Waals surface area contributed by atoms with Gasteiger partial charge in [0.15, 0.2) is 0 Å². The van der Waals surface area contributed by atoms with Crippen LogP contribution in [0.4, 0.5) is 13.2 Å². The number of nitrogens with zero attached hydrogens (tertiary/aromatic N) is 2. The number of alkyl halides is 3. The summed E-state index contributed by atoms with van der Waals surface area (Å²) in [4.78, 5) is 24.9. The number of amides is 1. The zero-order chi connectivity index (χ0) is 22.5. The van der Waals surface area contributed by atoms with Gasteiger partial charge in [-0.05, 0) is 19.1 Å². The first-order chi connectivity index (χ1) is 14.0. The number of pyridine rings is 1. The topological polar surface area (TPSA) is 126 Å². The average Bonchev–Trinajstić information content (AvgIpc) is 3.28. The fourth-order valence-electron chi connectivity index (χ4n) is 3.21. The molecule has 3 atom stereocenters. The standard InChI is InChI=1S/C15H21N3O4S.C2HF3O2/c1-2-23(20,21)18-8-13-12(10-22-14(13)9-18)7-17-15(19)11-4-3-5-16-6-11;3-2(4,5)1(6)7/h3-6,12-14H,2,7-10H2,1H3,(H,17,19);(H,6,7)/t12-,13+,14+;/m0./s1. The number of aliphatic carboxylic acids is 1. The molecule has 1 aromatic rings. The van der Waals surface area contributed by atoms with Gasteiger partial charge in [0.05, 0.1) is 24.0 Å². The molecule has 0 aromatic carbocycles. The van der Waals surface area contributed by atoms with Crippen LogP contribution >= 0.6 is 0 Å². The Morgan fingerprint density at radius 2 is 2.03 bits per heavy atom. The van der Waals surface area contributed by atoms with Gasteiger partial charge in [0.2, 0.25) is 10.0 Å². The first-order valence-electron chi connectivity index (χ1n) is 9.03. The second kappa shape index (κ2) is 9.71. The Morgan fingerprint density at radius 1 is 1.37 bits per heavy atom. The van der Waals surface area contributed by atoms with Gasteiger partial charge in [0, 0.05) is 43.9 Å². The van der Waals surface area contributed by atoms with Crippen molar-refractivity contribution in [3.8, 4) is 0 Å². The highest BCUT2D eigenvalue weighted by molar-refractivity contribution is 7.89. The Labute approximate surface area is 171 Å². The first-order valence-corrected chi connectivity index (χ1v) is 10.6. The van der Waals surface area contributed by atoms with Crippen molar-refractivity contribution >= 4 is 21.9 Å². The molecular formula is C17H22F3N3O6S. The lowest BCUT2D eigenvalue weighted by Crippen LogP contribution is -2.35. The largest absolute Gasteiger partial charge is 0.490 e. The molecule has 0 saturated carbocycles. The lowest BCUT2D eigenvalue weighted by Gasteiger charge is -2.19. The van der Waals surface area contributed by atoms with E-state index in [2.05, 4.69) is 10.3 Å². The molecule has 0 radical (unpaired) electrons. The number of aromatic nitrogens is 1. The van der Waals surface area contributed by atoms with Crippen LogP contribution in [0.25, 0.3) is 0 Å². The first kappa shape index (κ1) is 24.0. The minimum Gasteiger partial charge on any atom is -0.475 e. The molecule has 1 aromatic heterocycles. The molecule has 2 saturated heterocycles. The summed E-state index contributed by atoms with van der Waals surface area (Å²) in [7, 11) is -3.18. The van der Waals surface area contributed by atoms with E-state index in [4.69, 9.17) is 14.6 Å². The fourth-order valence-corrected chi connectivity index (χ4v) is 4.34. The van der Waals surface area contributed by atoms with Crippen LogP contribution in [-0.2, 0) is 19.6 Å². The number of carbonyl (C=O) groups is 2. The third-order valence-corrected chi connectivity index (χ3v) is 6.67. The quantitative estimate of drug-likeness (QED) is 0.674. The number of fused-ring (bicyclic) bond motifs is 1. The van der Waals surface area contributed by atoms with Gasteiger partial charge in [-0.2, -0.15) is 17.5 Å². The molecule has 2 fully saturated rings. The van der Waals surface area contributed by atoms with E-state index in [0.29, 0.717) is 31.8 Å². The van der Waals surface area contributed by atoms with E-state index in [1.165, 1.54) is 10.5 Å². The Balaban J connectivity index is 0.000000396. The van der Waals surface area contributed by atoms with Crippen LogP contribution in [0.1, 0.15) is 17.3 Å². The molecule has 2 aliphatic heterocycles. The number of hydrogen-bond donors (Lipinski definition) is 2. The Kier molecular flexibility index (Phi) is 7.77. The highest BCUT2D eigenvalue weighted by atomic mass is 32.2. The Bertz CT molecular complexity index is 850. The maximum absolute atomic E-state index is 12.1. The molecule has 3 rings (SSSR count). The average molecular weight is 453 g/mol. The van der Waals surface area contributed by atoms with E-state index in [-0.39, 0.29) is 29.6 Å². The summed E-state index contributed by atoms with van der Waals surface area (Å²) in [6.45, 7) is 3.59. The van der Waals surface area contributed by atoms with Crippen LogP contribution in [0, 0.1) is 11.8 Å². The maximum atomic E-state index is 12.1. The molecule has 168 valence electrons. The van der Waals surface area contributed by atoms with Gasteiger partial charge in [-0.1, -0.05) is 0 Å². The van der Waals surface area contributed by atoms with Crippen molar-refractivity contribution in [2.24, 2.45) is 11.8 Å². The van der Waals surface area contributed by atoms with Gasteiger partial charge in [-0.15, -0.1) is 0 Å². The summed E-state index contributed by atoms with van der Waals surface area (Å²) < 4.78 is 62.9. The van der Waals surface area contributed by atoms with Crippen LogP contribution in [0.3, 0.4) is 0 Å². The van der Waals surface area contributed by atoms with Crippen LogP contribution in [-0.4, -0.2) is 79.0 Å². The van der Waals surface area contributed by atoms with Crippen LogP contribution < -0.4 is 5.32 Å². The molecule has 30 heavy (non-hydrogen) atoms. The highest BCUT2D eigenvalue weighted by Gasteiger charge is 2.46. The van der Waals surface area contributed by atoms with Crippen LogP contribution in [0.5, 0.6) is 0 Å². The summed E-state index contributed by atoms with van der Waals surface area (Å²) in [5.41, 5.74) is 0.518. The molecule has 2 N–H and O–H groups in total. The normalized spacial score (nSPS) is 23.9. The van der Waals surface area contributed by atoms with Crippen molar-refractivity contribution in [2.75, 3.05) is 32.0 Å². The number of ether oxygens (including phenoxy) is 1. The van der Waals surface area contributed by atoms with Gasteiger partial charge in [0.25, 0.3) is 5.91 Å². The van der Waals surface area contributed by atoms with Crippen LogP contribution in [0.15, 0.2) is 24.5 Å². The number of nitrogens with one attached hydrogen (secondary N) is 1. The number of sulfonamides is 1. The zero-order valence-electron chi connectivity index (χ0n) is 16.0. The van der Waals surface area contributed by atoms with E-state index in [9.17, 15) is 26.4 Å². The monoisotopic (exact) mass is 453 g/mol. The van der Waals surface area contributed by atoms with Crippen molar-refractivity contribution in [1.82, 2.24) is 14.6 Å². The number of carboxylic acid groups (broad SMARTS) is 1.